The molecule has 6 heteroatoms. The maximum atomic E-state index is 12.2. The fourth-order valence-corrected chi connectivity index (χ4v) is 2.00. The zero-order chi connectivity index (χ0) is 16.1. The lowest BCUT2D eigenvalue weighted by atomic mass is 10.1. The van der Waals surface area contributed by atoms with Crippen molar-refractivity contribution in [3.8, 4) is 5.75 Å². The number of hydrogen-bond donors (Lipinski definition) is 0. The van der Waals surface area contributed by atoms with E-state index in [1.165, 1.54) is 0 Å². The molecule has 0 atom stereocenters. The monoisotopic (exact) mass is 304 g/mol. The van der Waals surface area contributed by atoms with Crippen molar-refractivity contribution in [1.82, 2.24) is 0 Å². The number of para-hydroxylation sites is 1. The van der Waals surface area contributed by atoms with Gasteiger partial charge in [-0.2, -0.15) is 0 Å². The third-order valence-electron chi connectivity index (χ3n) is 2.97. The lowest BCUT2D eigenvalue weighted by molar-refractivity contribution is -0.159. The molecule has 1 aromatic carbocycles. The van der Waals surface area contributed by atoms with E-state index in [4.69, 9.17) is 14.2 Å². The van der Waals surface area contributed by atoms with Crippen LogP contribution >= 0.6 is 0 Å². The number of ether oxygens (including phenoxy) is 3. The van der Waals surface area contributed by atoms with Crippen LogP contribution in [0.1, 0.15) is 24.2 Å². The third-order valence-corrected chi connectivity index (χ3v) is 2.97. The lowest BCUT2D eigenvalue weighted by Gasteiger charge is -2.11. The molecule has 1 heterocycles. The van der Waals surface area contributed by atoms with Gasteiger partial charge in [0.05, 0.1) is 18.8 Å². The Labute approximate surface area is 127 Å². The van der Waals surface area contributed by atoms with E-state index < -0.39 is 17.9 Å². The number of esters is 2. The van der Waals surface area contributed by atoms with E-state index in [0.717, 1.165) is 6.08 Å². The first kappa shape index (κ1) is 15.8. The molecule has 1 aliphatic heterocycles. The van der Waals surface area contributed by atoms with Crippen LogP contribution in [0.15, 0.2) is 36.1 Å². The van der Waals surface area contributed by atoms with E-state index in [1.54, 1.807) is 38.1 Å². The smallest absolute Gasteiger partial charge is 0.324 e. The van der Waals surface area contributed by atoms with Crippen LogP contribution in [0, 0.1) is 5.92 Å². The molecular weight excluding hydrogens is 288 g/mol. The number of Topliss-reactive ketones (excluding diaryl/α,β-unsaturated/α-hetero) is 1. The number of carbonyl (C=O) groups excluding carboxylic acids is 3. The topological polar surface area (TPSA) is 78.9 Å². The van der Waals surface area contributed by atoms with Crippen LogP contribution in [0.4, 0.5) is 0 Å². The molecule has 0 bridgehead atoms. The van der Waals surface area contributed by atoms with Crippen LogP contribution in [0.3, 0.4) is 0 Å². The summed E-state index contributed by atoms with van der Waals surface area (Å²) < 4.78 is 15.1. The van der Waals surface area contributed by atoms with Crippen LogP contribution in [-0.4, -0.2) is 30.9 Å². The molecule has 116 valence electrons. The van der Waals surface area contributed by atoms with Crippen LogP contribution in [0.25, 0.3) is 0 Å². The highest BCUT2D eigenvalue weighted by molar-refractivity contribution is 6.13. The Morgan fingerprint density at radius 3 is 2.27 bits per heavy atom. The van der Waals surface area contributed by atoms with Crippen molar-refractivity contribution in [3.05, 3.63) is 41.7 Å². The molecule has 0 N–H and O–H groups in total. The SMILES string of the molecule is CCOC(=O)C(/C=C1\Oc2ccccc2C1=O)C(=O)OCC. The second-order valence-electron chi connectivity index (χ2n) is 4.44. The Morgan fingerprint density at radius 2 is 1.73 bits per heavy atom. The molecule has 0 saturated heterocycles. The number of allylic oxidation sites excluding steroid dienone is 1. The molecule has 0 radical (unpaired) electrons. The van der Waals surface area contributed by atoms with Crippen LogP contribution in [-0.2, 0) is 19.1 Å². The van der Waals surface area contributed by atoms with Crippen molar-refractivity contribution in [1.29, 1.82) is 0 Å². The molecule has 1 aromatic rings. The van der Waals surface area contributed by atoms with Gasteiger partial charge in [-0.15, -0.1) is 0 Å². The second kappa shape index (κ2) is 6.89. The average Bonchev–Trinajstić information content (AvgIpc) is 2.82. The summed E-state index contributed by atoms with van der Waals surface area (Å²) in [6, 6.07) is 6.68. The van der Waals surface area contributed by atoms with Gasteiger partial charge in [-0.25, -0.2) is 0 Å². The number of rotatable bonds is 5. The minimum atomic E-state index is -1.33. The standard InChI is InChI=1S/C16H16O6/c1-3-20-15(18)11(16(19)21-4-2)9-13-14(17)10-7-5-6-8-12(10)22-13/h5-9,11H,3-4H2,1-2H3/b13-9-. The fourth-order valence-electron chi connectivity index (χ4n) is 2.00. The Kier molecular flexibility index (Phi) is 4.93. The number of hydrogen-bond acceptors (Lipinski definition) is 6. The van der Waals surface area contributed by atoms with Crippen LogP contribution < -0.4 is 4.74 Å². The zero-order valence-corrected chi connectivity index (χ0v) is 12.3. The van der Waals surface area contributed by atoms with Crippen molar-refractivity contribution in [2.45, 2.75) is 13.8 Å². The highest BCUT2D eigenvalue weighted by atomic mass is 16.6. The Bertz CT molecular complexity index is 613. The summed E-state index contributed by atoms with van der Waals surface area (Å²) in [4.78, 5) is 36.0. The summed E-state index contributed by atoms with van der Waals surface area (Å²) in [5.41, 5.74) is 0.389. The zero-order valence-electron chi connectivity index (χ0n) is 12.3. The van der Waals surface area contributed by atoms with E-state index in [9.17, 15) is 14.4 Å². The highest BCUT2D eigenvalue weighted by Crippen LogP contribution is 2.31. The predicted octanol–water partition coefficient (Wildman–Crippen LogP) is 1.89. The number of benzene rings is 1. The van der Waals surface area contributed by atoms with Crippen molar-refractivity contribution < 1.29 is 28.6 Å². The molecule has 0 amide bonds. The summed E-state index contributed by atoms with van der Waals surface area (Å²) >= 11 is 0. The molecule has 0 fully saturated rings. The van der Waals surface area contributed by atoms with E-state index in [2.05, 4.69) is 0 Å². The van der Waals surface area contributed by atoms with Crippen LogP contribution in [0.2, 0.25) is 0 Å². The maximum Gasteiger partial charge on any atom is 0.324 e. The molecule has 2 rings (SSSR count). The summed E-state index contributed by atoms with van der Waals surface area (Å²) in [7, 11) is 0. The molecule has 0 aromatic heterocycles. The molecule has 0 spiro atoms. The number of fused-ring (bicyclic) bond motifs is 1. The second-order valence-corrected chi connectivity index (χ2v) is 4.44. The van der Waals surface area contributed by atoms with E-state index in [1.807, 2.05) is 0 Å². The molecule has 22 heavy (non-hydrogen) atoms. The third kappa shape index (κ3) is 3.16. The molecule has 1 aliphatic rings. The first-order valence-corrected chi connectivity index (χ1v) is 6.95. The summed E-state index contributed by atoms with van der Waals surface area (Å²) in [5.74, 6) is -2.94. The van der Waals surface area contributed by atoms with Gasteiger partial charge < -0.3 is 14.2 Å². The maximum absolute atomic E-state index is 12.2. The Hall–Kier alpha value is -2.63. The minimum Gasteiger partial charge on any atom is -0.465 e. The highest BCUT2D eigenvalue weighted by Gasteiger charge is 2.33. The van der Waals surface area contributed by atoms with Crippen molar-refractivity contribution in [2.75, 3.05) is 13.2 Å². The van der Waals surface area contributed by atoms with Gasteiger partial charge in [0.1, 0.15) is 5.75 Å². The van der Waals surface area contributed by atoms with Gasteiger partial charge >= 0.3 is 11.9 Å². The van der Waals surface area contributed by atoms with Gasteiger partial charge in [-0.1, -0.05) is 12.1 Å². The molecule has 6 nitrogen and oxygen atoms in total. The summed E-state index contributed by atoms with van der Waals surface area (Å²) in [6.45, 7) is 3.49. The van der Waals surface area contributed by atoms with Gasteiger partial charge in [0.25, 0.3) is 0 Å². The van der Waals surface area contributed by atoms with Gasteiger partial charge in [0.2, 0.25) is 5.78 Å². The van der Waals surface area contributed by atoms with Gasteiger partial charge in [0, 0.05) is 0 Å². The van der Waals surface area contributed by atoms with Crippen LogP contribution in [0.5, 0.6) is 5.75 Å². The van der Waals surface area contributed by atoms with Crippen molar-refractivity contribution >= 4 is 17.7 Å². The first-order valence-electron chi connectivity index (χ1n) is 6.95. The summed E-state index contributed by atoms with van der Waals surface area (Å²) in [5, 5.41) is 0. The fraction of sp³-hybridized carbons (Fsp3) is 0.312. The lowest BCUT2D eigenvalue weighted by Crippen LogP contribution is -2.27. The molecule has 0 aliphatic carbocycles. The Balaban J connectivity index is 2.29. The largest absolute Gasteiger partial charge is 0.465 e. The van der Waals surface area contributed by atoms with E-state index >= 15 is 0 Å². The minimum absolute atomic E-state index is 0.0766. The normalized spacial score (nSPS) is 14.7. The number of carbonyl (C=O) groups is 3. The number of ketones is 1. The van der Waals surface area contributed by atoms with Crippen molar-refractivity contribution in [2.24, 2.45) is 5.92 Å². The van der Waals surface area contributed by atoms with E-state index in [0.29, 0.717) is 11.3 Å². The van der Waals surface area contributed by atoms with Gasteiger partial charge in [0.15, 0.2) is 11.7 Å². The summed E-state index contributed by atoms with van der Waals surface area (Å²) in [6.07, 6.45) is 1.15. The van der Waals surface area contributed by atoms with Gasteiger partial charge in [-0.05, 0) is 32.1 Å². The quantitative estimate of drug-likeness (QED) is 0.469. The molecule has 0 unspecified atom stereocenters. The Morgan fingerprint density at radius 1 is 1.14 bits per heavy atom. The van der Waals surface area contributed by atoms with E-state index in [-0.39, 0.29) is 24.8 Å². The average molecular weight is 304 g/mol. The van der Waals surface area contributed by atoms with Gasteiger partial charge in [-0.3, -0.25) is 14.4 Å². The molecule has 0 saturated carbocycles. The van der Waals surface area contributed by atoms with Crippen molar-refractivity contribution in [3.63, 3.8) is 0 Å². The molecular formula is C16H16O6. The predicted molar refractivity (Wildman–Crippen MR) is 76.2 cm³/mol. The first-order chi connectivity index (χ1) is 10.6.